The van der Waals surface area contributed by atoms with Crippen molar-refractivity contribution < 1.29 is 24.2 Å². The number of carbonyl (C=O) groups is 2. The van der Waals surface area contributed by atoms with E-state index in [1.54, 1.807) is 43.6 Å². The fourth-order valence-electron chi connectivity index (χ4n) is 4.21. The number of morpholine rings is 1. The second-order valence-corrected chi connectivity index (χ2v) is 7.89. The molecule has 0 radical (unpaired) electrons. The van der Waals surface area contributed by atoms with Gasteiger partial charge >= 0.3 is 0 Å². The predicted octanol–water partition coefficient (Wildman–Crippen LogP) is 2.15. The van der Waals surface area contributed by atoms with Gasteiger partial charge in [0.1, 0.15) is 17.6 Å². The van der Waals surface area contributed by atoms with Gasteiger partial charge in [0, 0.05) is 37.9 Å². The van der Waals surface area contributed by atoms with Gasteiger partial charge in [0.25, 0.3) is 11.7 Å². The molecule has 1 N–H and O–H groups in total. The first-order valence-corrected chi connectivity index (χ1v) is 10.7. The van der Waals surface area contributed by atoms with E-state index in [1.165, 1.54) is 4.90 Å². The fourth-order valence-corrected chi connectivity index (χ4v) is 4.21. The third-order valence-electron chi connectivity index (χ3n) is 5.94. The number of benzene rings is 1. The van der Waals surface area contributed by atoms with E-state index in [9.17, 15) is 14.7 Å². The van der Waals surface area contributed by atoms with Gasteiger partial charge in [-0.1, -0.05) is 6.07 Å². The topological polar surface area (TPSA) is 92.2 Å². The molecule has 2 aliphatic heterocycles. The van der Waals surface area contributed by atoms with Crippen LogP contribution in [-0.4, -0.2) is 78.1 Å². The maximum atomic E-state index is 13.1. The van der Waals surface area contributed by atoms with E-state index in [0.717, 1.165) is 18.7 Å². The summed E-state index contributed by atoms with van der Waals surface area (Å²) in [6.45, 7) is 5.68. The highest BCUT2D eigenvalue weighted by Crippen LogP contribution is 2.38. The molecule has 168 valence electrons. The van der Waals surface area contributed by atoms with Crippen LogP contribution in [0.25, 0.3) is 5.76 Å². The van der Waals surface area contributed by atoms with E-state index in [4.69, 9.17) is 9.47 Å². The van der Waals surface area contributed by atoms with Crippen molar-refractivity contribution >= 4 is 17.4 Å². The number of aryl methyl sites for hydroxylation is 1. The lowest BCUT2D eigenvalue weighted by molar-refractivity contribution is -0.140. The molecule has 2 saturated heterocycles. The van der Waals surface area contributed by atoms with Crippen LogP contribution in [0.1, 0.15) is 22.9 Å². The number of pyridine rings is 1. The van der Waals surface area contributed by atoms with Crippen LogP contribution < -0.4 is 4.74 Å². The molecule has 3 heterocycles. The van der Waals surface area contributed by atoms with E-state index in [1.807, 2.05) is 13.0 Å². The number of methoxy groups -OCH3 is 1. The minimum absolute atomic E-state index is 0.0558. The number of hydrogen-bond donors (Lipinski definition) is 1. The molecular formula is C24H27N3O5. The monoisotopic (exact) mass is 437 g/mol. The van der Waals surface area contributed by atoms with Gasteiger partial charge in [-0.15, -0.1) is 0 Å². The molecule has 2 aliphatic rings. The minimum atomic E-state index is -0.750. The Morgan fingerprint density at radius 1 is 1.19 bits per heavy atom. The number of carbonyl (C=O) groups excluding carboxylic acids is 2. The first-order chi connectivity index (χ1) is 15.5. The van der Waals surface area contributed by atoms with Crippen molar-refractivity contribution in [1.82, 2.24) is 14.8 Å². The highest BCUT2D eigenvalue weighted by Gasteiger charge is 2.46. The number of ether oxygens (including phenoxy) is 2. The molecule has 0 spiro atoms. The van der Waals surface area contributed by atoms with Crippen molar-refractivity contribution in [2.75, 3.05) is 46.5 Å². The van der Waals surface area contributed by atoms with Crippen LogP contribution in [0.5, 0.6) is 5.75 Å². The summed E-state index contributed by atoms with van der Waals surface area (Å²) in [5, 5.41) is 11.1. The first kappa shape index (κ1) is 22.0. The zero-order valence-electron chi connectivity index (χ0n) is 18.3. The van der Waals surface area contributed by atoms with Crippen LogP contribution in [0.2, 0.25) is 0 Å². The summed E-state index contributed by atoms with van der Waals surface area (Å²) < 4.78 is 10.7. The number of ketones is 1. The average molecular weight is 437 g/mol. The van der Waals surface area contributed by atoms with Crippen LogP contribution in [-0.2, 0) is 14.3 Å². The third-order valence-corrected chi connectivity index (χ3v) is 5.94. The van der Waals surface area contributed by atoms with Crippen molar-refractivity contribution in [3.05, 3.63) is 65.0 Å². The number of rotatable bonds is 6. The number of Topliss-reactive ketones (excluding diaryl/α,β-unsaturated/α-hetero) is 1. The minimum Gasteiger partial charge on any atom is -0.507 e. The van der Waals surface area contributed by atoms with E-state index in [-0.39, 0.29) is 11.3 Å². The quantitative estimate of drug-likeness (QED) is 0.421. The number of likely N-dealkylation sites (tertiary alicyclic amines) is 1. The lowest BCUT2D eigenvalue weighted by atomic mass is 9.97. The van der Waals surface area contributed by atoms with Crippen LogP contribution in [0.3, 0.4) is 0 Å². The summed E-state index contributed by atoms with van der Waals surface area (Å²) in [4.78, 5) is 34.2. The summed E-state index contributed by atoms with van der Waals surface area (Å²) in [6.07, 6.45) is 1.62. The molecule has 8 heteroatoms. The molecule has 0 aliphatic carbocycles. The van der Waals surface area contributed by atoms with Crippen molar-refractivity contribution in [2.24, 2.45) is 0 Å². The van der Waals surface area contributed by atoms with Crippen molar-refractivity contribution in [3.63, 3.8) is 0 Å². The summed E-state index contributed by atoms with van der Waals surface area (Å²) in [5.41, 5.74) is 1.86. The zero-order chi connectivity index (χ0) is 22.7. The molecule has 1 aromatic heterocycles. The summed E-state index contributed by atoms with van der Waals surface area (Å²) in [5.74, 6) is -0.860. The van der Waals surface area contributed by atoms with Gasteiger partial charge in [-0.25, -0.2) is 0 Å². The molecule has 1 aromatic carbocycles. The predicted molar refractivity (Wildman–Crippen MR) is 118 cm³/mol. The summed E-state index contributed by atoms with van der Waals surface area (Å²) in [7, 11) is 1.57. The summed E-state index contributed by atoms with van der Waals surface area (Å²) in [6, 6.07) is 9.75. The number of hydrogen-bond acceptors (Lipinski definition) is 7. The molecule has 1 atom stereocenters. The Labute approximate surface area is 187 Å². The van der Waals surface area contributed by atoms with Gasteiger partial charge in [-0.05, 0) is 42.8 Å². The van der Waals surface area contributed by atoms with E-state index in [0.29, 0.717) is 43.3 Å². The average Bonchev–Trinajstić information content (AvgIpc) is 3.08. The number of aliphatic hydroxyl groups is 1. The largest absolute Gasteiger partial charge is 0.507 e. The van der Waals surface area contributed by atoms with E-state index < -0.39 is 17.7 Å². The van der Waals surface area contributed by atoms with Crippen LogP contribution in [0.4, 0.5) is 0 Å². The molecular weight excluding hydrogens is 410 g/mol. The molecule has 32 heavy (non-hydrogen) atoms. The molecule has 0 bridgehead atoms. The van der Waals surface area contributed by atoms with Crippen LogP contribution in [0, 0.1) is 6.92 Å². The Bertz CT molecular complexity index is 1030. The number of nitrogens with zero attached hydrogens (tertiary/aromatic N) is 3. The van der Waals surface area contributed by atoms with Gasteiger partial charge in [-0.2, -0.15) is 0 Å². The molecule has 2 fully saturated rings. The van der Waals surface area contributed by atoms with Crippen molar-refractivity contribution in [3.8, 4) is 5.75 Å². The number of amides is 1. The summed E-state index contributed by atoms with van der Waals surface area (Å²) >= 11 is 0. The second kappa shape index (κ2) is 9.50. The van der Waals surface area contributed by atoms with Gasteiger partial charge in [0.05, 0.1) is 31.6 Å². The zero-order valence-corrected chi connectivity index (χ0v) is 18.3. The normalized spacial score (nSPS) is 21.2. The standard InChI is InChI=1S/C24H27N3O5/c1-16-15-17(6-7-19(16)31-2)22(28)20-21(18-5-3-4-8-25-18)27(24(30)23(20)29)10-9-26-11-13-32-14-12-26/h3-8,15,21,28H,9-14H2,1-2H3/b22-20+/t21-/m1/s1. The Hall–Kier alpha value is -3.23. The van der Waals surface area contributed by atoms with Gasteiger partial charge in [0.2, 0.25) is 0 Å². The highest BCUT2D eigenvalue weighted by atomic mass is 16.5. The molecule has 8 nitrogen and oxygen atoms in total. The lowest BCUT2D eigenvalue weighted by Gasteiger charge is -2.30. The van der Waals surface area contributed by atoms with Gasteiger partial charge < -0.3 is 19.5 Å². The van der Waals surface area contributed by atoms with Gasteiger partial charge in [-0.3, -0.25) is 19.5 Å². The highest BCUT2D eigenvalue weighted by molar-refractivity contribution is 6.46. The Balaban J connectivity index is 1.72. The maximum absolute atomic E-state index is 13.1. The number of aromatic nitrogens is 1. The first-order valence-electron chi connectivity index (χ1n) is 10.7. The Kier molecular flexibility index (Phi) is 6.53. The second-order valence-electron chi connectivity index (χ2n) is 7.89. The molecule has 1 amide bonds. The van der Waals surface area contributed by atoms with Crippen molar-refractivity contribution in [1.29, 1.82) is 0 Å². The van der Waals surface area contributed by atoms with Gasteiger partial charge in [0.15, 0.2) is 0 Å². The van der Waals surface area contributed by atoms with E-state index >= 15 is 0 Å². The Morgan fingerprint density at radius 3 is 2.62 bits per heavy atom. The number of aliphatic hydroxyl groups excluding tert-OH is 1. The Morgan fingerprint density at radius 2 is 1.97 bits per heavy atom. The molecule has 4 rings (SSSR count). The van der Waals surface area contributed by atoms with Crippen LogP contribution >= 0.6 is 0 Å². The third kappa shape index (κ3) is 4.24. The SMILES string of the molecule is COc1ccc(/C(O)=C2\C(=O)C(=O)N(CCN3CCOCC3)[C@@H]2c2ccccn2)cc1C. The van der Waals surface area contributed by atoms with Crippen molar-refractivity contribution in [2.45, 2.75) is 13.0 Å². The molecule has 2 aromatic rings. The molecule has 0 unspecified atom stereocenters. The maximum Gasteiger partial charge on any atom is 0.295 e. The van der Waals surface area contributed by atoms with E-state index in [2.05, 4.69) is 9.88 Å². The smallest absolute Gasteiger partial charge is 0.295 e. The fraction of sp³-hybridized carbons (Fsp3) is 0.375. The molecule has 0 saturated carbocycles. The van der Waals surface area contributed by atoms with Crippen LogP contribution in [0.15, 0.2) is 48.2 Å². The lowest BCUT2D eigenvalue weighted by Crippen LogP contribution is -2.42.